The molecule has 1 atom stereocenters. The summed E-state index contributed by atoms with van der Waals surface area (Å²) in [5, 5.41) is 2.28. The number of nitrogens with one attached hydrogen (secondary N) is 1. The molecule has 0 spiro atoms. The summed E-state index contributed by atoms with van der Waals surface area (Å²) in [6.45, 7) is 2.47. The molecule has 0 aliphatic rings. The lowest BCUT2D eigenvalue weighted by Gasteiger charge is -2.17. The first-order valence-electron chi connectivity index (χ1n) is 5.90. The number of nitrogens with zero attached hydrogens (tertiary/aromatic N) is 2. The van der Waals surface area contributed by atoms with Crippen LogP contribution in [0, 0.1) is 0 Å². The molecule has 0 bridgehead atoms. The standard InChI is InChI=1S/C12H10Br2F3N3S/c1-2-18-10(9-7(14)3-6(13)4-19-9)8-5-20-11(21-8)12(15,16)17/h3-5,10,18H,2H2,1H3. The van der Waals surface area contributed by atoms with Gasteiger partial charge in [0.25, 0.3) is 0 Å². The van der Waals surface area contributed by atoms with E-state index in [-0.39, 0.29) is 0 Å². The van der Waals surface area contributed by atoms with Crippen LogP contribution in [0.5, 0.6) is 0 Å². The van der Waals surface area contributed by atoms with Gasteiger partial charge in [0.15, 0.2) is 5.01 Å². The second kappa shape index (κ2) is 6.72. The molecule has 2 aromatic heterocycles. The summed E-state index contributed by atoms with van der Waals surface area (Å²) in [6, 6.07) is 1.37. The van der Waals surface area contributed by atoms with E-state index in [2.05, 4.69) is 47.1 Å². The van der Waals surface area contributed by atoms with Gasteiger partial charge in [0.2, 0.25) is 0 Å². The lowest BCUT2D eigenvalue weighted by atomic mass is 10.1. The van der Waals surface area contributed by atoms with Crippen LogP contribution in [0.2, 0.25) is 0 Å². The Morgan fingerprint density at radius 2 is 2.00 bits per heavy atom. The summed E-state index contributed by atoms with van der Waals surface area (Å²) in [6.07, 6.45) is -1.57. The number of pyridine rings is 1. The fraction of sp³-hybridized carbons (Fsp3) is 0.333. The SMILES string of the molecule is CCNC(c1cnc(C(F)(F)F)s1)c1ncc(Br)cc1Br. The van der Waals surface area contributed by atoms with Crippen molar-refractivity contribution in [2.24, 2.45) is 0 Å². The molecule has 114 valence electrons. The van der Waals surface area contributed by atoms with Crippen LogP contribution >= 0.6 is 43.2 Å². The van der Waals surface area contributed by atoms with E-state index in [1.165, 1.54) is 6.20 Å². The molecular formula is C12H10Br2F3N3S. The monoisotopic (exact) mass is 443 g/mol. The Bertz CT molecular complexity index is 630. The van der Waals surface area contributed by atoms with Gasteiger partial charge >= 0.3 is 6.18 Å². The average Bonchev–Trinajstić information content (AvgIpc) is 2.86. The fourth-order valence-corrected chi connectivity index (χ4v) is 3.80. The predicted molar refractivity (Wildman–Crippen MR) is 82.3 cm³/mol. The third kappa shape index (κ3) is 4.02. The van der Waals surface area contributed by atoms with Gasteiger partial charge in [-0.05, 0) is 44.5 Å². The molecule has 0 radical (unpaired) electrons. The zero-order valence-corrected chi connectivity index (χ0v) is 14.7. The Balaban J connectivity index is 2.41. The third-order valence-electron chi connectivity index (χ3n) is 2.57. The molecule has 0 fully saturated rings. The average molecular weight is 445 g/mol. The van der Waals surface area contributed by atoms with E-state index < -0.39 is 17.2 Å². The summed E-state index contributed by atoms with van der Waals surface area (Å²) in [4.78, 5) is 8.22. The lowest BCUT2D eigenvalue weighted by Crippen LogP contribution is -2.22. The highest BCUT2D eigenvalue weighted by atomic mass is 79.9. The topological polar surface area (TPSA) is 37.8 Å². The number of hydrogen-bond donors (Lipinski definition) is 1. The van der Waals surface area contributed by atoms with Crippen LogP contribution in [0.15, 0.2) is 27.4 Å². The summed E-state index contributed by atoms with van der Waals surface area (Å²) in [5.74, 6) is 0. The highest BCUT2D eigenvalue weighted by Crippen LogP contribution is 2.37. The van der Waals surface area contributed by atoms with E-state index in [1.807, 2.05) is 6.92 Å². The van der Waals surface area contributed by atoms with Crippen molar-refractivity contribution in [1.82, 2.24) is 15.3 Å². The van der Waals surface area contributed by atoms with E-state index in [0.29, 0.717) is 32.9 Å². The zero-order valence-electron chi connectivity index (χ0n) is 10.7. The minimum Gasteiger partial charge on any atom is -0.304 e. The minimum absolute atomic E-state index is 0.439. The molecule has 0 amide bonds. The van der Waals surface area contributed by atoms with Gasteiger partial charge in [-0.1, -0.05) is 6.92 Å². The summed E-state index contributed by atoms with van der Waals surface area (Å²) in [7, 11) is 0. The molecule has 0 saturated heterocycles. The van der Waals surface area contributed by atoms with Crippen LogP contribution in [0.1, 0.15) is 28.5 Å². The summed E-state index contributed by atoms with van der Waals surface area (Å²) in [5.41, 5.74) is 0.623. The summed E-state index contributed by atoms with van der Waals surface area (Å²) >= 11 is 7.31. The molecule has 0 saturated carbocycles. The number of halogens is 5. The Labute approximate surface area is 140 Å². The molecule has 3 nitrogen and oxygen atoms in total. The van der Waals surface area contributed by atoms with Gasteiger partial charge in [-0.3, -0.25) is 4.98 Å². The second-order valence-electron chi connectivity index (χ2n) is 4.08. The van der Waals surface area contributed by atoms with Crippen LogP contribution < -0.4 is 5.32 Å². The van der Waals surface area contributed by atoms with E-state index in [0.717, 1.165) is 4.47 Å². The van der Waals surface area contributed by atoms with Gasteiger partial charge in [-0.15, -0.1) is 11.3 Å². The first kappa shape index (κ1) is 16.9. The quantitative estimate of drug-likeness (QED) is 0.737. The van der Waals surface area contributed by atoms with E-state index in [4.69, 9.17) is 0 Å². The third-order valence-corrected chi connectivity index (χ3v) is 4.74. The second-order valence-corrected chi connectivity index (χ2v) is 6.91. The van der Waals surface area contributed by atoms with Gasteiger partial charge in [-0.2, -0.15) is 13.2 Å². The molecule has 0 aliphatic carbocycles. The maximum Gasteiger partial charge on any atom is 0.443 e. The molecule has 1 unspecified atom stereocenters. The molecule has 1 N–H and O–H groups in total. The molecular weight excluding hydrogens is 435 g/mol. The molecule has 9 heteroatoms. The number of aromatic nitrogens is 2. The van der Waals surface area contributed by atoms with Gasteiger partial charge in [0.1, 0.15) is 0 Å². The first-order chi connectivity index (χ1) is 9.82. The Morgan fingerprint density at radius 3 is 2.52 bits per heavy atom. The summed E-state index contributed by atoms with van der Waals surface area (Å²) < 4.78 is 39.5. The number of alkyl halides is 3. The van der Waals surface area contributed by atoms with Gasteiger partial charge in [-0.25, -0.2) is 4.98 Å². The zero-order chi connectivity index (χ0) is 15.6. The molecule has 2 heterocycles. The minimum atomic E-state index is -4.43. The van der Waals surface area contributed by atoms with Crippen molar-refractivity contribution in [2.75, 3.05) is 6.54 Å². The number of rotatable bonds is 4. The number of thiazole rings is 1. The van der Waals surface area contributed by atoms with E-state index in [1.54, 1.807) is 12.3 Å². The number of hydrogen-bond acceptors (Lipinski definition) is 4. The van der Waals surface area contributed by atoms with Crippen LogP contribution in [-0.4, -0.2) is 16.5 Å². The van der Waals surface area contributed by atoms with E-state index in [9.17, 15) is 13.2 Å². The van der Waals surface area contributed by atoms with Gasteiger partial charge < -0.3 is 5.32 Å². The largest absolute Gasteiger partial charge is 0.443 e. The maximum absolute atomic E-state index is 12.7. The van der Waals surface area contributed by atoms with Crippen molar-refractivity contribution in [3.8, 4) is 0 Å². The van der Waals surface area contributed by atoms with E-state index >= 15 is 0 Å². The Morgan fingerprint density at radius 1 is 1.29 bits per heavy atom. The highest BCUT2D eigenvalue weighted by molar-refractivity contribution is 9.11. The Kier molecular flexibility index (Phi) is 5.39. The molecule has 2 aromatic rings. The van der Waals surface area contributed by atoms with Crippen molar-refractivity contribution in [3.05, 3.63) is 43.0 Å². The maximum atomic E-state index is 12.7. The first-order valence-corrected chi connectivity index (χ1v) is 8.30. The van der Waals surface area contributed by atoms with Crippen LogP contribution in [0.25, 0.3) is 0 Å². The van der Waals surface area contributed by atoms with Crippen molar-refractivity contribution in [1.29, 1.82) is 0 Å². The molecule has 0 aromatic carbocycles. The van der Waals surface area contributed by atoms with Crippen LogP contribution in [0.4, 0.5) is 13.2 Å². The van der Waals surface area contributed by atoms with Gasteiger partial charge in [0.05, 0.1) is 11.7 Å². The fourth-order valence-electron chi connectivity index (χ4n) is 1.72. The van der Waals surface area contributed by atoms with Crippen LogP contribution in [-0.2, 0) is 6.18 Å². The normalized spacial score (nSPS) is 13.4. The Hall–Kier alpha value is -0.510. The van der Waals surface area contributed by atoms with Crippen molar-refractivity contribution < 1.29 is 13.2 Å². The van der Waals surface area contributed by atoms with Crippen LogP contribution in [0.3, 0.4) is 0 Å². The predicted octanol–water partition coefficient (Wildman–Crippen LogP) is 4.78. The van der Waals surface area contributed by atoms with Gasteiger partial charge in [0, 0.05) is 26.2 Å². The molecule has 0 aliphatic heterocycles. The molecule has 2 rings (SSSR count). The van der Waals surface area contributed by atoms with Crippen molar-refractivity contribution >= 4 is 43.2 Å². The van der Waals surface area contributed by atoms with Crippen molar-refractivity contribution in [2.45, 2.75) is 19.1 Å². The van der Waals surface area contributed by atoms with Crippen molar-refractivity contribution in [3.63, 3.8) is 0 Å². The highest BCUT2D eigenvalue weighted by Gasteiger charge is 2.35. The smallest absolute Gasteiger partial charge is 0.304 e. The molecule has 21 heavy (non-hydrogen) atoms. The lowest BCUT2D eigenvalue weighted by molar-refractivity contribution is -0.137.